The van der Waals surface area contributed by atoms with Crippen molar-refractivity contribution in [1.82, 2.24) is 10.2 Å². The summed E-state index contributed by atoms with van der Waals surface area (Å²) in [5, 5.41) is 22.1. The summed E-state index contributed by atoms with van der Waals surface area (Å²) in [7, 11) is 0. The third-order valence-corrected chi connectivity index (χ3v) is 5.43. The van der Waals surface area contributed by atoms with E-state index >= 15 is 0 Å². The van der Waals surface area contributed by atoms with Crippen molar-refractivity contribution in [3.63, 3.8) is 0 Å². The number of carbonyl (C=O) groups excluding carboxylic acids is 2. The summed E-state index contributed by atoms with van der Waals surface area (Å²) in [6, 6.07) is 9.57. The van der Waals surface area contributed by atoms with Crippen LogP contribution in [0.5, 0.6) is 0 Å². The molecule has 1 aliphatic carbocycles. The molecule has 1 unspecified atom stereocenters. The van der Waals surface area contributed by atoms with Crippen LogP contribution in [-0.2, 0) is 16.1 Å². The summed E-state index contributed by atoms with van der Waals surface area (Å²) in [6.07, 6.45) is 5.55. The highest BCUT2D eigenvalue weighted by Crippen LogP contribution is 2.30. The van der Waals surface area contributed by atoms with Gasteiger partial charge >= 0.3 is 0 Å². The van der Waals surface area contributed by atoms with Crippen LogP contribution in [0.15, 0.2) is 43.0 Å². The molecule has 1 aromatic rings. The van der Waals surface area contributed by atoms with Crippen LogP contribution in [0, 0.1) is 5.92 Å². The number of aliphatic hydroxyl groups is 2. The number of amides is 2. The van der Waals surface area contributed by atoms with Gasteiger partial charge in [0.25, 0.3) is 0 Å². The van der Waals surface area contributed by atoms with Gasteiger partial charge in [-0.3, -0.25) is 9.59 Å². The molecular formula is C22H32N2O4. The average molecular weight is 389 g/mol. The second-order valence-corrected chi connectivity index (χ2v) is 7.58. The molecule has 0 spiro atoms. The molecule has 3 N–H and O–H groups in total. The van der Waals surface area contributed by atoms with Gasteiger partial charge in [-0.1, -0.05) is 49.2 Å². The van der Waals surface area contributed by atoms with Crippen molar-refractivity contribution in [2.75, 3.05) is 19.8 Å². The Balaban J connectivity index is 2.04. The quantitative estimate of drug-likeness (QED) is 0.506. The molecule has 0 aromatic heterocycles. The highest BCUT2D eigenvalue weighted by Gasteiger charge is 2.36. The first-order valence-corrected chi connectivity index (χ1v) is 10.00. The summed E-state index contributed by atoms with van der Waals surface area (Å²) in [5.74, 6) is -0.928. The summed E-state index contributed by atoms with van der Waals surface area (Å²) < 4.78 is 0. The zero-order valence-electron chi connectivity index (χ0n) is 16.5. The first-order chi connectivity index (χ1) is 13.5. The molecule has 0 heterocycles. The Hall–Kier alpha value is -2.18. The monoisotopic (exact) mass is 388 g/mol. The minimum Gasteiger partial charge on any atom is -0.395 e. The number of hydrogen-bond donors (Lipinski definition) is 3. The molecule has 2 amide bonds. The molecule has 154 valence electrons. The van der Waals surface area contributed by atoms with E-state index in [-0.39, 0.29) is 38.0 Å². The van der Waals surface area contributed by atoms with Gasteiger partial charge in [0.2, 0.25) is 11.8 Å². The molecule has 0 aliphatic heterocycles. The van der Waals surface area contributed by atoms with Gasteiger partial charge in [0.05, 0.1) is 24.7 Å². The third-order valence-electron chi connectivity index (χ3n) is 5.43. The van der Waals surface area contributed by atoms with E-state index < -0.39 is 11.5 Å². The topological polar surface area (TPSA) is 89.9 Å². The number of nitrogens with one attached hydrogen (secondary N) is 1. The van der Waals surface area contributed by atoms with Gasteiger partial charge in [0.15, 0.2) is 0 Å². The lowest BCUT2D eigenvalue weighted by molar-refractivity contribution is -0.138. The van der Waals surface area contributed by atoms with Gasteiger partial charge in [-0.05, 0) is 24.8 Å². The Morgan fingerprint density at radius 2 is 1.89 bits per heavy atom. The van der Waals surface area contributed by atoms with E-state index in [2.05, 4.69) is 11.9 Å². The number of rotatable bonds is 11. The van der Waals surface area contributed by atoms with E-state index in [9.17, 15) is 19.8 Å². The third kappa shape index (κ3) is 6.17. The van der Waals surface area contributed by atoms with Crippen LogP contribution in [0.2, 0.25) is 0 Å². The molecule has 1 fully saturated rings. The number of allylic oxidation sites excluding steroid dienone is 1. The van der Waals surface area contributed by atoms with Gasteiger partial charge in [-0.2, -0.15) is 0 Å². The molecule has 6 nitrogen and oxygen atoms in total. The number of nitrogens with zero attached hydrogens (tertiary/aromatic N) is 1. The zero-order valence-corrected chi connectivity index (χ0v) is 16.5. The summed E-state index contributed by atoms with van der Waals surface area (Å²) in [5.41, 5.74) is 0.410. The van der Waals surface area contributed by atoms with Crippen molar-refractivity contribution >= 4 is 11.8 Å². The molecule has 0 bridgehead atoms. The summed E-state index contributed by atoms with van der Waals surface area (Å²) in [4.78, 5) is 27.3. The fraction of sp³-hybridized carbons (Fsp3) is 0.545. The molecular weight excluding hydrogens is 356 g/mol. The van der Waals surface area contributed by atoms with Crippen molar-refractivity contribution < 1.29 is 19.8 Å². The molecule has 2 rings (SSSR count). The van der Waals surface area contributed by atoms with Gasteiger partial charge in [0, 0.05) is 19.5 Å². The van der Waals surface area contributed by atoms with Crippen molar-refractivity contribution in [2.45, 2.75) is 50.6 Å². The maximum atomic E-state index is 12.9. The largest absolute Gasteiger partial charge is 0.395 e. The molecule has 0 saturated heterocycles. The lowest BCUT2D eigenvalue weighted by atomic mass is 9.94. The second-order valence-electron chi connectivity index (χ2n) is 7.58. The minimum absolute atomic E-state index is 0.0478. The number of benzene rings is 1. The van der Waals surface area contributed by atoms with E-state index in [1.165, 1.54) is 0 Å². The number of carbonyl (C=O) groups is 2. The maximum Gasteiger partial charge on any atom is 0.224 e. The van der Waals surface area contributed by atoms with Gasteiger partial charge in [-0.25, -0.2) is 0 Å². The van der Waals surface area contributed by atoms with E-state index in [1.54, 1.807) is 11.0 Å². The van der Waals surface area contributed by atoms with E-state index in [0.29, 0.717) is 13.0 Å². The number of hydrogen-bond acceptors (Lipinski definition) is 4. The van der Waals surface area contributed by atoms with Crippen LogP contribution in [0.4, 0.5) is 0 Å². The Labute approximate surface area is 167 Å². The molecule has 0 radical (unpaired) electrons. The normalized spacial score (nSPS) is 16.4. The standard InChI is InChI=1S/C22H32N2O4/c1-2-8-19(21(28)23-22(17-26)11-6-7-12-22)15-20(27)24(13-14-25)16-18-9-4-3-5-10-18/h2-5,9-10,19,25-26H,1,6-8,11-17H2,(H,23,28). The highest BCUT2D eigenvalue weighted by molar-refractivity contribution is 5.86. The summed E-state index contributed by atoms with van der Waals surface area (Å²) in [6.45, 7) is 4.11. The van der Waals surface area contributed by atoms with Crippen molar-refractivity contribution in [2.24, 2.45) is 5.92 Å². The van der Waals surface area contributed by atoms with Gasteiger partial charge < -0.3 is 20.4 Å². The van der Waals surface area contributed by atoms with E-state index in [1.807, 2.05) is 30.3 Å². The molecule has 1 aliphatic rings. The van der Waals surface area contributed by atoms with Crippen LogP contribution in [0.3, 0.4) is 0 Å². The molecule has 1 aromatic carbocycles. The van der Waals surface area contributed by atoms with Gasteiger partial charge in [-0.15, -0.1) is 6.58 Å². The lowest BCUT2D eigenvalue weighted by Crippen LogP contribution is -2.51. The average Bonchev–Trinajstić information content (AvgIpc) is 3.17. The lowest BCUT2D eigenvalue weighted by Gasteiger charge is -2.31. The Bertz CT molecular complexity index is 641. The van der Waals surface area contributed by atoms with Crippen LogP contribution in [-0.4, -0.2) is 52.2 Å². The van der Waals surface area contributed by atoms with Crippen LogP contribution < -0.4 is 5.32 Å². The zero-order chi connectivity index (χ0) is 20.4. The Kier molecular flexibility index (Phi) is 8.67. The van der Waals surface area contributed by atoms with Crippen LogP contribution in [0.25, 0.3) is 0 Å². The smallest absolute Gasteiger partial charge is 0.224 e. The van der Waals surface area contributed by atoms with Crippen molar-refractivity contribution in [3.05, 3.63) is 48.6 Å². The summed E-state index contributed by atoms with van der Waals surface area (Å²) >= 11 is 0. The van der Waals surface area contributed by atoms with Crippen molar-refractivity contribution in [3.8, 4) is 0 Å². The predicted octanol–water partition coefficient (Wildman–Crippen LogP) is 2.01. The highest BCUT2D eigenvalue weighted by atomic mass is 16.3. The molecule has 28 heavy (non-hydrogen) atoms. The van der Waals surface area contributed by atoms with Crippen LogP contribution >= 0.6 is 0 Å². The fourth-order valence-corrected chi connectivity index (χ4v) is 3.78. The molecule has 1 saturated carbocycles. The molecule has 1 atom stereocenters. The second kappa shape index (κ2) is 11.0. The SMILES string of the molecule is C=CCC(CC(=O)N(CCO)Cc1ccccc1)C(=O)NC1(CO)CCCC1. The minimum atomic E-state index is -0.561. The van der Waals surface area contributed by atoms with E-state index in [0.717, 1.165) is 31.2 Å². The Morgan fingerprint density at radius 1 is 1.21 bits per heavy atom. The first kappa shape index (κ1) is 22.1. The maximum absolute atomic E-state index is 12.9. The first-order valence-electron chi connectivity index (χ1n) is 10.00. The van der Waals surface area contributed by atoms with Crippen LogP contribution in [0.1, 0.15) is 44.1 Å². The van der Waals surface area contributed by atoms with Crippen molar-refractivity contribution in [1.29, 1.82) is 0 Å². The predicted molar refractivity (Wildman–Crippen MR) is 108 cm³/mol. The fourth-order valence-electron chi connectivity index (χ4n) is 3.78. The van der Waals surface area contributed by atoms with E-state index in [4.69, 9.17) is 0 Å². The number of aliphatic hydroxyl groups excluding tert-OH is 2. The molecule has 6 heteroatoms. The van der Waals surface area contributed by atoms with Gasteiger partial charge in [0.1, 0.15) is 0 Å². The Morgan fingerprint density at radius 3 is 2.46 bits per heavy atom.